The maximum atomic E-state index is 5.88. The van der Waals surface area contributed by atoms with Gasteiger partial charge in [-0.2, -0.15) is 4.40 Å². The van der Waals surface area contributed by atoms with Gasteiger partial charge in [0.25, 0.3) is 11.5 Å². The average molecular weight is 902 g/mol. The van der Waals surface area contributed by atoms with Crippen LogP contribution in [-0.4, -0.2) is 14.5 Å². The number of para-hydroxylation sites is 3. The predicted molar refractivity (Wildman–Crippen MR) is 288 cm³/mol. The molecule has 4 heteroatoms. The van der Waals surface area contributed by atoms with Gasteiger partial charge in [-0.3, -0.25) is 0 Å². The molecule has 4 heterocycles. The number of rotatable bonds is 2. The van der Waals surface area contributed by atoms with Crippen LogP contribution in [0.4, 0.5) is 0 Å². The van der Waals surface area contributed by atoms with Gasteiger partial charge in [0.15, 0.2) is 0 Å². The first-order valence-corrected chi connectivity index (χ1v) is 24.8. The first-order chi connectivity index (χ1) is 35.0. The molecule has 0 atom stereocenters. The van der Waals surface area contributed by atoms with Crippen molar-refractivity contribution in [1.82, 2.24) is 14.5 Å². The summed E-state index contributed by atoms with van der Waals surface area (Å²) in [5.41, 5.74) is 25.1. The highest BCUT2D eigenvalue weighted by molar-refractivity contribution is 6.19. The van der Waals surface area contributed by atoms with Crippen LogP contribution in [0, 0.1) is 0 Å². The molecule has 13 aromatic rings. The number of aromatic nitrogens is 4. The Labute approximate surface area is 409 Å². The second kappa shape index (κ2) is 13.0. The van der Waals surface area contributed by atoms with Gasteiger partial charge in [0.05, 0.1) is 38.6 Å². The minimum atomic E-state index is -0.495. The fourth-order valence-electron chi connectivity index (χ4n) is 14.1. The van der Waals surface area contributed by atoms with Crippen molar-refractivity contribution in [2.75, 3.05) is 0 Å². The monoisotopic (exact) mass is 901 g/mol. The number of hydrogen-bond acceptors (Lipinski definition) is 2. The maximum Gasteiger partial charge on any atom is 0.308 e. The van der Waals surface area contributed by atoms with E-state index in [1.165, 1.54) is 116 Å². The van der Waals surface area contributed by atoms with Gasteiger partial charge in [0.2, 0.25) is 0 Å². The number of benzene rings is 10. The molecule has 0 unspecified atom stereocenters. The number of pyridine rings is 1. The topological polar surface area (TPSA) is 34.8 Å². The highest BCUT2D eigenvalue weighted by Gasteiger charge is 2.52. The average Bonchev–Trinajstić information content (AvgIpc) is 4.07. The summed E-state index contributed by atoms with van der Waals surface area (Å²) in [6.07, 6.45) is 0. The molecule has 17 rings (SSSR count). The summed E-state index contributed by atoms with van der Waals surface area (Å²) in [5.74, 6) is 1.57. The molecule has 0 N–H and O–H groups in total. The van der Waals surface area contributed by atoms with E-state index in [1.807, 2.05) is 0 Å². The van der Waals surface area contributed by atoms with Gasteiger partial charge in [0, 0.05) is 32.7 Å². The summed E-state index contributed by atoms with van der Waals surface area (Å²) in [6.45, 7) is 4.80. The van der Waals surface area contributed by atoms with Crippen LogP contribution < -0.4 is 4.40 Å². The van der Waals surface area contributed by atoms with Gasteiger partial charge in [0.1, 0.15) is 5.52 Å². The summed E-state index contributed by atoms with van der Waals surface area (Å²) in [5, 5.41) is 6.00. The zero-order valence-corrected chi connectivity index (χ0v) is 39.0. The third-order valence-electron chi connectivity index (χ3n) is 17.0. The van der Waals surface area contributed by atoms with Crippen LogP contribution in [0.3, 0.4) is 0 Å². The highest BCUT2D eigenvalue weighted by Crippen LogP contribution is 2.63. The lowest BCUT2D eigenvalue weighted by molar-refractivity contribution is -0.474. The van der Waals surface area contributed by atoms with Gasteiger partial charge < -0.3 is 4.57 Å². The minimum absolute atomic E-state index is 0.286. The minimum Gasteiger partial charge on any atom is -0.308 e. The summed E-state index contributed by atoms with van der Waals surface area (Å²) >= 11 is 0. The van der Waals surface area contributed by atoms with E-state index in [0.29, 0.717) is 5.82 Å². The Kier molecular flexibility index (Phi) is 6.94. The molecule has 10 aromatic carbocycles. The largest absolute Gasteiger partial charge is 0.308 e. The lowest BCUT2D eigenvalue weighted by atomic mass is 9.70. The van der Waals surface area contributed by atoms with Gasteiger partial charge in [-0.15, -0.1) is 0 Å². The van der Waals surface area contributed by atoms with E-state index in [4.69, 9.17) is 9.97 Å². The Morgan fingerprint density at radius 3 is 1.73 bits per heavy atom. The van der Waals surface area contributed by atoms with Crippen molar-refractivity contribution in [3.05, 3.63) is 246 Å². The lowest BCUT2D eigenvalue weighted by Crippen LogP contribution is -2.30. The smallest absolute Gasteiger partial charge is 0.308 e. The molecule has 4 aliphatic rings. The number of fused-ring (bicyclic) bond motifs is 22. The molecule has 1 spiro atoms. The van der Waals surface area contributed by atoms with Gasteiger partial charge in [-0.1, -0.05) is 188 Å². The van der Waals surface area contributed by atoms with Crippen LogP contribution in [-0.2, 0) is 10.8 Å². The predicted octanol–water partition coefficient (Wildman–Crippen LogP) is 15.6. The van der Waals surface area contributed by atoms with Crippen molar-refractivity contribution in [3.63, 3.8) is 0 Å². The van der Waals surface area contributed by atoms with Crippen LogP contribution in [0.1, 0.15) is 47.2 Å². The zero-order chi connectivity index (χ0) is 46.5. The summed E-state index contributed by atoms with van der Waals surface area (Å²) in [6, 6.07) is 79.2. The van der Waals surface area contributed by atoms with Gasteiger partial charge in [-0.25, -0.2) is 0 Å². The van der Waals surface area contributed by atoms with Crippen LogP contribution >= 0.6 is 0 Å². The highest BCUT2D eigenvalue weighted by atomic mass is 15.1. The molecule has 0 fully saturated rings. The summed E-state index contributed by atoms with van der Waals surface area (Å²) in [4.78, 5) is 11.6. The fraction of sp³-hybridized carbons (Fsp3) is 0.0597. The molecule has 328 valence electrons. The van der Waals surface area contributed by atoms with Crippen molar-refractivity contribution in [3.8, 4) is 73.0 Å². The SMILES string of the molecule is CC1(C)c2cc(-c3nc(-c4ccc5c(c4)C4(c6ccccc6-c6ccccc64)c4ccccc4-5)[n+]4c5ccccc5c5ccccc5c4n3)cc3c2-c2c1ccc1c4ccccc4n(c21)-c1ccccc1-3. The van der Waals surface area contributed by atoms with E-state index >= 15 is 0 Å². The molecule has 0 saturated carbocycles. The summed E-state index contributed by atoms with van der Waals surface area (Å²) in [7, 11) is 0. The van der Waals surface area contributed by atoms with E-state index in [0.717, 1.165) is 33.5 Å². The van der Waals surface area contributed by atoms with E-state index in [1.54, 1.807) is 0 Å². The van der Waals surface area contributed by atoms with E-state index in [-0.39, 0.29) is 5.41 Å². The maximum absolute atomic E-state index is 5.88. The second-order valence-corrected chi connectivity index (χ2v) is 20.6. The number of hydrogen-bond donors (Lipinski definition) is 0. The molecule has 0 amide bonds. The van der Waals surface area contributed by atoms with Crippen LogP contribution in [0.2, 0.25) is 0 Å². The molecule has 71 heavy (non-hydrogen) atoms. The first-order valence-electron chi connectivity index (χ1n) is 24.8. The lowest BCUT2D eigenvalue weighted by Gasteiger charge is -2.30. The van der Waals surface area contributed by atoms with Crippen molar-refractivity contribution >= 4 is 49.1 Å². The molecule has 0 radical (unpaired) electrons. The third-order valence-corrected chi connectivity index (χ3v) is 17.0. The Morgan fingerprint density at radius 2 is 0.986 bits per heavy atom. The molecule has 3 aliphatic carbocycles. The normalized spacial score (nSPS) is 14.6. The van der Waals surface area contributed by atoms with E-state index < -0.39 is 5.41 Å². The zero-order valence-electron chi connectivity index (χ0n) is 39.0. The Bertz CT molecular complexity index is 4560. The molecule has 0 bridgehead atoms. The van der Waals surface area contributed by atoms with Crippen molar-refractivity contribution in [2.45, 2.75) is 24.7 Å². The van der Waals surface area contributed by atoms with Gasteiger partial charge in [-0.05, 0) is 121 Å². The van der Waals surface area contributed by atoms with Crippen molar-refractivity contribution < 1.29 is 4.40 Å². The fourth-order valence-corrected chi connectivity index (χ4v) is 14.1. The van der Waals surface area contributed by atoms with Gasteiger partial charge >= 0.3 is 5.82 Å². The molecule has 4 nitrogen and oxygen atoms in total. The van der Waals surface area contributed by atoms with Crippen molar-refractivity contribution in [2.24, 2.45) is 0 Å². The molecular weight excluding hydrogens is 861 g/mol. The quantitative estimate of drug-likeness (QED) is 0.128. The van der Waals surface area contributed by atoms with Crippen LogP contribution in [0.25, 0.3) is 122 Å². The second-order valence-electron chi connectivity index (χ2n) is 20.6. The van der Waals surface area contributed by atoms with E-state index in [2.05, 4.69) is 235 Å². The number of nitrogens with zero attached hydrogens (tertiary/aromatic N) is 4. The molecule has 0 saturated heterocycles. The van der Waals surface area contributed by atoms with E-state index in [9.17, 15) is 0 Å². The Balaban J connectivity index is 0.988. The Morgan fingerprint density at radius 1 is 0.394 bits per heavy atom. The Hall–Kier alpha value is -8.99. The van der Waals surface area contributed by atoms with Crippen LogP contribution in [0.15, 0.2) is 212 Å². The molecule has 1 aliphatic heterocycles. The third kappa shape index (κ3) is 4.47. The molecular formula is C67H41N4+. The molecule has 3 aromatic heterocycles. The van der Waals surface area contributed by atoms with Crippen LogP contribution in [0.5, 0.6) is 0 Å². The van der Waals surface area contributed by atoms with Crippen molar-refractivity contribution in [1.29, 1.82) is 0 Å². The standard InChI is InChI=1S/C67H41N4/c1-66(2)54-34-33-48-46-22-9-14-28-57(46)70-58-29-15-10-23-47(58)50-35-39(37-56(66)60(50)61(54)62(48)70)63-68-64(71-59-30-16-8-21-45(59)40-17-3-4-24-49(40)65(71)69-63)38-31-32-44-43-20-7-13-27-53(43)67(55(44)36-38)51-25-11-5-18-41(51)42-19-6-12-26-52(42)67/h3-37H,1-2H3/q+1. The first kappa shape index (κ1) is 37.9. The summed E-state index contributed by atoms with van der Waals surface area (Å²) < 4.78 is 4.86.